The van der Waals surface area contributed by atoms with Crippen molar-refractivity contribution in [2.24, 2.45) is 0 Å². The average molecular weight is 239 g/mol. The predicted octanol–water partition coefficient (Wildman–Crippen LogP) is 3.09. The second-order valence-corrected chi connectivity index (χ2v) is 4.14. The summed E-state index contributed by atoms with van der Waals surface area (Å²) in [5.41, 5.74) is 0.00205. The van der Waals surface area contributed by atoms with Crippen molar-refractivity contribution >= 4 is 40.6 Å². The molecule has 0 fully saturated rings. The van der Waals surface area contributed by atoms with Gasteiger partial charge in [-0.05, 0) is 0 Å². The monoisotopic (exact) mass is 238 g/mol. The van der Waals surface area contributed by atoms with Crippen LogP contribution in [0, 0.1) is 10.1 Å². The summed E-state index contributed by atoms with van der Waals surface area (Å²) >= 11 is 12.3. The van der Waals surface area contributed by atoms with Gasteiger partial charge in [0.1, 0.15) is 5.15 Å². The van der Waals surface area contributed by atoms with Crippen molar-refractivity contribution in [1.82, 2.24) is 4.98 Å². The second-order valence-electron chi connectivity index (χ2n) is 2.16. The van der Waals surface area contributed by atoms with E-state index in [4.69, 9.17) is 23.2 Å². The Labute approximate surface area is 88.0 Å². The van der Waals surface area contributed by atoms with Gasteiger partial charge in [0.05, 0.1) is 9.80 Å². The van der Waals surface area contributed by atoms with Crippen molar-refractivity contribution in [2.45, 2.75) is 6.92 Å². The van der Waals surface area contributed by atoms with Crippen LogP contribution >= 0.6 is 34.5 Å². The van der Waals surface area contributed by atoms with E-state index < -0.39 is 4.92 Å². The molecule has 0 unspecified atom stereocenters. The van der Waals surface area contributed by atoms with Gasteiger partial charge in [-0.2, -0.15) is 0 Å². The van der Waals surface area contributed by atoms with E-state index in [2.05, 4.69) is 4.98 Å². The first-order valence-electron chi connectivity index (χ1n) is 3.15. The van der Waals surface area contributed by atoms with Gasteiger partial charge in [-0.1, -0.05) is 23.2 Å². The van der Waals surface area contributed by atoms with Crippen molar-refractivity contribution in [1.29, 1.82) is 0 Å². The van der Waals surface area contributed by atoms with Gasteiger partial charge in [-0.15, -0.1) is 11.3 Å². The largest absolute Gasteiger partial charge is 0.259 e. The highest BCUT2D eigenvalue weighted by Gasteiger charge is 2.09. The maximum Gasteiger partial charge on any atom is 0.244 e. The summed E-state index contributed by atoms with van der Waals surface area (Å²) in [6.45, 7) is 1.38. The van der Waals surface area contributed by atoms with E-state index in [9.17, 15) is 10.1 Å². The molecule has 1 heterocycles. The number of hydrogen-bond donors (Lipinski definition) is 0. The Bertz CT molecular complexity index is 375. The number of allylic oxidation sites excluding steroid dienone is 1. The summed E-state index contributed by atoms with van der Waals surface area (Å²) in [7, 11) is 0. The molecule has 1 aromatic heterocycles. The summed E-state index contributed by atoms with van der Waals surface area (Å²) in [5, 5.41) is 10.5. The Morgan fingerprint density at radius 3 is 2.69 bits per heavy atom. The minimum absolute atomic E-state index is 0.00205. The van der Waals surface area contributed by atoms with Crippen LogP contribution in [-0.4, -0.2) is 9.91 Å². The lowest BCUT2D eigenvalue weighted by molar-refractivity contribution is -0.422. The number of halogens is 2. The maximum atomic E-state index is 10.3. The van der Waals surface area contributed by atoms with Gasteiger partial charge in [-0.25, -0.2) is 4.98 Å². The average Bonchev–Trinajstić information content (AvgIpc) is 2.30. The van der Waals surface area contributed by atoms with Crippen molar-refractivity contribution < 1.29 is 4.92 Å². The zero-order valence-electron chi connectivity index (χ0n) is 6.45. The molecular formula is C6H4Cl2N2O2S. The molecule has 0 aliphatic carbocycles. The molecule has 7 heteroatoms. The molecule has 0 atom stereocenters. The standard InChI is InChI=1S/C6H4Cl2N2O2S/c1-3(10(11)12)2-4-5(7)9-6(8)13-4/h2H,1H3/b3-2+. The van der Waals surface area contributed by atoms with Crippen LogP contribution in [0.4, 0.5) is 0 Å². The van der Waals surface area contributed by atoms with Crippen LogP contribution in [0.1, 0.15) is 11.8 Å². The minimum Gasteiger partial charge on any atom is -0.259 e. The van der Waals surface area contributed by atoms with E-state index in [0.717, 1.165) is 11.3 Å². The smallest absolute Gasteiger partial charge is 0.244 e. The molecule has 0 bridgehead atoms. The summed E-state index contributed by atoms with van der Waals surface area (Å²) in [4.78, 5) is 14.0. The molecule has 1 rings (SSSR count). The molecule has 0 spiro atoms. The van der Waals surface area contributed by atoms with Crippen molar-refractivity contribution in [3.05, 3.63) is 30.3 Å². The second kappa shape index (κ2) is 4.04. The first kappa shape index (κ1) is 10.4. The Kier molecular flexibility index (Phi) is 3.24. The first-order valence-corrected chi connectivity index (χ1v) is 4.72. The summed E-state index contributed by atoms with van der Waals surface area (Å²) in [6.07, 6.45) is 1.34. The lowest BCUT2D eigenvalue weighted by atomic mass is 10.4. The molecule has 0 amide bonds. The third-order valence-electron chi connectivity index (χ3n) is 1.21. The molecule has 0 aliphatic rings. The van der Waals surface area contributed by atoms with Crippen LogP contribution in [0.5, 0.6) is 0 Å². The highest BCUT2D eigenvalue weighted by Crippen LogP contribution is 2.28. The number of thiazole rings is 1. The van der Waals surface area contributed by atoms with Crippen LogP contribution < -0.4 is 0 Å². The molecule has 0 aliphatic heterocycles. The van der Waals surface area contributed by atoms with Gasteiger partial charge in [0.2, 0.25) is 5.70 Å². The number of hydrogen-bond acceptors (Lipinski definition) is 4. The van der Waals surface area contributed by atoms with Gasteiger partial charge in [0, 0.05) is 13.0 Å². The van der Waals surface area contributed by atoms with Crippen LogP contribution in [0.2, 0.25) is 9.62 Å². The van der Waals surface area contributed by atoms with E-state index in [-0.39, 0.29) is 15.3 Å². The predicted molar refractivity (Wildman–Crippen MR) is 52.8 cm³/mol. The molecule has 4 nitrogen and oxygen atoms in total. The molecule has 0 radical (unpaired) electrons. The Balaban J connectivity index is 3.03. The van der Waals surface area contributed by atoms with E-state index in [1.807, 2.05) is 0 Å². The lowest BCUT2D eigenvalue weighted by Crippen LogP contribution is -1.92. The Morgan fingerprint density at radius 1 is 1.69 bits per heavy atom. The zero-order valence-corrected chi connectivity index (χ0v) is 8.78. The van der Waals surface area contributed by atoms with E-state index in [1.54, 1.807) is 0 Å². The Morgan fingerprint density at radius 2 is 2.31 bits per heavy atom. The molecule has 13 heavy (non-hydrogen) atoms. The fourth-order valence-corrected chi connectivity index (χ4v) is 1.98. The highest BCUT2D eigenvalue weighted by atomic mass is 35.5. The van der Waals surface area contributed by atoms with Gasteiger partial charge >= 0.3 is 0 Å². The maximum absolute atomic E-state index is 10.3. The number of nitro groups is 1. The summed E-state index contributed by atoms with van der Waals surface area (Å²) in [5.74, 6) is 0. The molecule has 0 saturated carbocycles. The van der Waals surface area contributed by atoms with Crippen molar-refractivity contribution in [2.75, 3.05) is 0 Å². The number of nitrogens with zero attached hydrogens (tertiary/aromatic N) is 2. The molecule has 1 aromatic rings. The van der Waals surface area contributed by atoms with Crippen molar-refractivity contribution in [3.8, 4) is 0 Å². The van der Waals surface area contributed by atoms with Gasteiger partial charge < -0.3 is 0 Å². The lowest BCUT2D eigenvalue weighted by Gasteiger charge is -1.87. The van der Waals surface area contributed by atoms with Crippen LogP contribution in [0.3, 0.4) is 0 Å². The van der Waals surface area contributed by atoms with E-state index in [1.165, 1.54) is 13.0 Å². The first-order chi connectivity index (χ1) is 6.00. The molecule has 70 valence electrons. The quantitative estimate of drug-likeness (QED) is 0.588. The van der Waals surface area contributed by atoms with Crippen LogP contribution in [-0.2, 0) is 0 Å². The summed E-state index contributed by atoms with van der Waals surface area (Å²) in [6, 6.07) is 0. The van der Waals surface area contributed by atoms with Gasteiger partial charge in [-0.3, -0.25) is 10.1 Å². The fraction of sp³-hybridized carbons (Fsp3) is 0.167. The van der Waals surface area contributed by atoms with Crippen LogP contribution in [0.15, 0.2) is 5.70 Å². The summed E-state index contributed by atoms with van der Waals surface area (Å²) < 4.78 is 0.271. The third-order valence-corrected chi connectivity index (χ3v) is 2.72. The number of aromatic nitrogens is 1. The molecular weight excluding hydrogens is 235 g/mol. The Hall–Kier alpha value is -0.650. The molecule has 0 aromatic carbocycles. The normalized spacial score (nSPS) is 11.8. The third kappa shape index (κ3) is 2.65. The van der Waals surface area contributed by atoms with E-state index >= 15 is 0 Å². The SMILES string of the molecule is C/C(=C\c1sc(Cl)nc1Cl)[N+](=O)[O-]. The topological polar surface area (TPSA) is 56.0 Å². The van der Waals surface area contributed by atoms with Crippen molar-refractivity contribution in [3.63, 3.8) is 0 Å². The zero-order chi connectivity index (χ0) is 10.0. The fourth-order valence-electron chi connectivity index (χ4n) is 0.619. The van der Waals surface area contributed by atoms with Gasteiger partial charge in [0.25, 0.3) is 0 Å². The van der Waals surface area contributed by atoms with E-state index in [0.29, 0.717) is 4.88 Å². The molecule has 0 N–H and O–H groups in total. The molecule has 0 saturated heterocycles. The van der Waals surface area contributed by atoms with Gasteiger partial charge in [0.15, 0.2) is 4.47 Å². The minimum atomic E-state index is -0.496. The highest BCUT2D eigenvalue weighted by molar-refractivity contribution is 7.17. The number of rotatable bonds is 2. The van der Waals surface area contributed by atoms with Crippen LogP contribution in [0.25, 0.3) is 6.08 Å².